The van der Waals surface area contributed by atoms with Crippen molar-refractivity contribution in [2.24, 2.45) is 16.6 Å². The van der Waals surface area contributed by atoms with Crippen molar-refractivity contribution in [3.05, 3.63) is 59.0 Å². The molecule has 4 heterocycles. The third kappa shape index (κ3) is 3.60. The van der Waals surface area contributed by atoms with Gasteiger partial charge >= 0.3 is 0 Å². The summed E-state index contributed by atoms with van der Waals surface area (Å²) in [5.74, 6) is 0.499. The van der Waals surface area contributed by atoms with Crippen LogP contribution in [0.3, 0.4) is 0 Å². The Morgan fingerprint density at radius 3 is 2.87 bits per heavy atom. The molecule has 0 spiro atoms. The molecule has 1 saturated carbocycles. The molecule has 162 valence electrons. The third-order valence-electron chi connectivity index (χ3n) is 5.93. The molecule has 1 amide bonds. The van der Waals surface area contributed by atoms with Gasteiger partial charge in [-0.05, 0) is 36.8 Å². The molecule has 1 atom stereocenters. The number of amidine groups is 1. The summed E-state index contributed by atoms with van der Waals surface area (Å²) < 4.78 is 29.7. The Kier molecular flexibility index (Phi) is 4.62. The zero-order chi connectivity index (χ0) is 21.8. The minimum Gasteiger partial charge on any atom is -0.495 e. The molecular formula is C21H23N5O4S. The van der Waals surface area contributed by atoms with Gasteiger partial charge in [0.15, 0.2) is 9.84 Å². The molecule has 0 aromatic carbocycles. The van der Waals surface area contributed by atoms with Crippen LogP contribution in [0.25, 0.3) is 0 Å². The second kappa shape index (κ2) is 7.23. The van der Waals surface area contributed by atoms with Crippen LogP contribution in [0, 0.1) is 5.92 Å². The fraction of sp³-hybridized carbons (Fsp3) is 0.381. The number of carbonyl (C=O) groups is 1. The Balaban J connectivity index is 1.54. The van der Waals surface area contributed by atoms with Gasteiger partial charge in [0.1, 0.15) is 24.7 Å². The Morgan fingerprint density at radius 2 is 2.16 bits per heavy atom. The van der Waals surface area contributed by atoms with E-state index in [0.717, 1.165) is 42.4 Å². The molecular weight excluding hydrogens is 418 g/mol. The molecule has 5 rings (SSSR count). The van der Waals surface area contributed by atoms with Crippen LogP contribution in [-0.4, -0.2) is 55.5 Å². The second-order valence-corrected chi connectivity index (χ2v) is 10.3. The van der Waals surface area contributed by atoms with E-state index in [9.17, 15) is 13.2 Å². The Bertz CT molecular complexity index is 1190. The van der Waals surface area contributed by atoms with Gasteiger partial charge in [-0.1, -0.05) is 0 Å². The van der Waals surface area contributed by atoms with Gasteiger partial charge in [-0.3, -0.25) is 9.78 Å². The monoisotopic (exact) mass is 441 g/mol. The number of aromatic nitrogens is 1. The summed E-state index contributed by atoms with van der Waals surface area (Å²) in [5, 5.41) is 3.28. The SMILES string of the molecule is CS(=O)(=O)c1cncc(C2=NC=C3C(NC(C(N)=O)C4CC4)=COCC4=C3N2CC4)c1. The van der Waals surface area contributed by atoms with Gasteiger partial charge in [0.2, 0.25) is 5.91 Å². The molecule has 0 bridgehead atoms. The molecule has 1 aromatic heterocycles. The zero-order valence-corrected chi connectivity index (χ0v) is 17.9. The summed E-state index contributed by atoms with van der Waals surface area (Å²) in [6.45, 7) is 1.14. The highest BCUT2D eigenvalue weighted by Gasteiger charge is 2.39. The predicted molar refractivity (Wildman–Crippen MR) is 113 cm³/mol. The van der Waals surface area contributed by atoms with Crippen molar-refractivity contribution in [1.29, 1.82) is 0 Å². The van der Waals surface area contributed by atoms with Crippen molar-refractivity contribution >= 4 is 21.6 Å². The van der Waals surface area contributed by atoms with Crippen molar-refractivity contribution in [2.45, 2.75) is 30.2 Å². The maximum atomic E-state index is 12.0. The fourth-order valence-electron chi connectivity index (χ4n) is 4.20. The first kappa shape index (κ1) is 19.8. The first-order chi connectivity index (χ1) is 14.8. The molecule has 0 saturated heterocycles. The number of amides is 1. The normalized spacial score (nSPS) is 21.3. The van der Waals surface area contributed by atoms with E-state index < -0.39 is 15.9 Å². The number of hydrogen-bond donors (Lipinski definition) is 2. The number of ether oxygens (including phenoxy) is 1. The number of nitrogens with zero attached hydrogens (tertiary/aromatic N) is 3. The van der Waals surface area contributed by atoms with Crippen LogP contribution in [0.2, 0.25) is 0 Å². The van der Waals surface area contributed by atoms with Crippen molar-refractivity contribution in [3.63, 3.8) is 0 Å². The maximum absolute atomic E-state index is 12.0. The van der Waals surface area contributed by atoms with Gasteiger partial charge in [0, 0.05) is 42.5 Å². The second-order valence-electron chi connectivity index (χ2n) is 8.24. The van der Waals surface area contributed by atoms with Crippen molar-refractivity contribution in [2.75, 3.05) is 19.4 Å². The molecule has 10 heteroatoms. The van der Waals surface area contributed by atoms with Crippen molar-refractivity contribution in [3.8, 4) is 0 Å². The van der Waals surface area contributed by atoms with E-state index >= 15 is 0 Å². The molecule has 1 fully saturated rings. The van der Waals surface area contributed by atoms with Crippen molar-refractivity contribution < 1.29 is 17.9 Å². The number of hydrogen-bond acceptors (Lipinski definition) is 8. The molecule has 0 radical (unpaired) electrons. The number of carbonyl (C=O) groups excluding carboxylic acids is 1. The summed E-state index contributed by atoms with van der Waals surface area (Å²) in [7, 11) is -3.39. The first-order valence-corrected chi connectivity index (χ1v) is 12.0. The van der Waals surface area contributed by atoms with Crippen LogP contribution in [0.4, 0.5) is 0 Å². The molecule has 1 aliphatic carbocycles. The van der Waals surface area contributed by atoms with Crippen LogP contribution in [0.5, 0.6) is 0 Å². The van der Waals surface area contributed by atoms with Gasteiger partial charge in [-0.25, -0.2) is 13.4 Å². The molecule has 1 aromatic rings. The smallest absolute Gasteiger partial charge is 0.240 e. The average molecular weight is 442 g/mol. The lowest BCUT2D eigenvalue weighted by Gasteiger charge is -2.30. The molecule has 31 heavy (non-hydrogen) atoms. The Morgan fingerprint density at radius 1 is 1.35 bits per heavy atom. The summed E-state index contributed by atoms with van der Waals surface area (Å²) in [4.78, 5) is 22.9. The predicted octanol–water partition coefficient (Wildman–Crippen LogP) is 0.814. The van der Waals surface area contributed by atoms with Crippen LogP contribution in [0.15, 0.2) is 63.4 Å². The first-order valence-electron chi connectivity index (χ1n) is 10.1. The van der Waals surface area contributed by atoms with Gasteiger partial charge in [-0.15, -0.1) is 0 Å². The fourth-order valence-corrected chi connectivity index (χ4v) is 4.80. The van der Waals surface area contributed by atoms with E-state index in [4.69, 9.17) is 10.5 Å². The summed E-state index contributed by atoms with van der Waals surface area (Å²) >= 11 is 0. The van der Waals surface area contributed by atoms with E-state index in [1.54, 1.807) is 24.7 Å². The van der Waals surface area contributed by atoms with Gasteiger partial charge < -0.3 is 20.7 Å². The maximum Gasteiger partial charge on any atom is 0.240 e. The summed E-state index contributed by atoms with van der Waals surface area (Å²) in [6.07, 6.45) is 10.2. The third-order valence-corrected chi connectivity index (χ3v) is 7.01. The summed E-state index contributed by atoms with van der Waals surface area (Å²) in [5.41, 5.74) is 9.87. The lowest BCUT2D eigenvalue weighted by atomic mass is 10.0. The number of sulfone groups is 1. The molecule has 3 N–H and O–H groups in total. The highest BCUT2D eigenvalue weighted by Crippen LogP contribution is 2.39. The van der Waals surface area contributed by atoms with Gasteiger partial charge in [0.05, 0.1) is 16.3 Å². The van der Waals surface area contributed by atoms with Crippen LogP contribution >= 0.6 is 0 Å². The number of nitrogens with two attached hydrogens (primary N) is 1. The van der Waals surface area contributed by atoms with E-state index in [1.807, 2.05) is 0 Å². The zero-order valence-electron chi connectivity index (χ0n) is 17.0. The number of aliphatic imine (C=N–C) groups is 1. The van der Waals surface area contributed by atoms with Gasteiger partial charge in [-0.2, -0.15) is 0 Å². The van der Waals surface area contributed by atoms with Crippen molar-refractivity contribution in [1.82, 2.24) is 15.2 Å². The lowest BCUT2D eigenvalue weighted by Crippen LogP contribution is -2.43. The van der Waals surface area contributed by atoms with Crippen LogP contribution in [-0.2, 0) is 19.4 Å². The summed E-state index contributed by atoms with van der Waals surface area (Å²) in [6, 6.07) is 1.14. The molecule has 9 nitrogen and oxygen atoms in total. The average Bonchev–Trinajstić information content (AvgIpc) is 3.50. The highest BCUT2D eigenvalue weighted by atomic mass is 32.2. The van der Waals surface area contributed by atoms with E-state index in [-0.39, 0.29) is 16.7 Å². The van der Waals surface area contributed by atoms with E-state index in [0.29, 0.717) is 30.2 Å². The topological polar surface area (TPSA) is 127 Å². The molecule has 3 aliphatic heterocycles. The number of primary amides is 1. The lowest BCUT2D eigenvalue weighted by molar-refractivity contribution is -0.120. The largest absolute Gasteiger partial charge is 0.495 e. The quantitative estimate of drug-likeness (QED) is 0.669. The minimum atomic E-state index is -3.39. The molecule has 1 unspecified atom stereocenters. The van der Waals surface area contributed by atoms with Crippen LogP contribution < -0.4 is 11.1 Å². The number of rotatable bonds is 6. The Hall–Kier alpha value is -3.14. The van der Waals surface area contributed by atoms with E-state index in [2.05, 4.69) is 20.2 Å². The van der Waals surface area contributed by atoms with Crippen LogP contribution in [0.1, 0.15) is 24.8 Å². The highest BCUT2D eigenvalue weighted by molar-refractivity contribution is 7.90. The number of nitrogens with one attached hydrogen (secondary N) is 1. The molecule has 4 aliphatic rings. The van der Waals surface area contributed by atoms with Gasteiger partial charge in [0.25, 0.3) is 0 Å². The Labute approximate surface area is 180 Å². The van der Waals surface area contributed by atoms with E-state index in [1.165, 1.54) is 6.20 Å². The standard InChI is InChI=1S/C21H23N5O4S/c1-31(28,29)15-6-14(7-23-8-15)21-24-9-16-17(25-18(20(22)27)12-2-3-12)11-30-10-13-4-5-26(21)19(13)16/h6-9,11-12,18,25H,2-5,10H2,1H3,(H2,22,27). The minimum absolute atomic E-state index is 0.149. The number of pyridine rings is 1.